The van der Waals surface area contributed by atoms with Crippen LogP contribution in [-0.4, -0.2) is 10.1 Å². The molecule has 0 saturated carbocycles. The minimum atomic E-state index is 0.222. The molecule has 1 N–H and O–H groups in total. The molecule has 0 saturated heterocycles. The molecule has 2 aromatic carbocycles. The van der Waals surface area contributed by atoms with Gasteiger partial charge in [0.15, 0.2) is 0 Å². The molecule has 0 aliphatic carbocycles. The molecule has 0 atom stereocenters. The Hall–Kier alpha value is -2.35. The summed E-state index contributed by atoms with van der Waals surface area (Å²) < 4.78 is 0. The van der Waals surface area contributed by atoms with E-state index in [0.29, 0.717) is 0 Å². The van der Waals surface area contributed by atoms with Crippen LogP contribution in [0.3, 0.4) is 0 Å². The Morgan fingerprint density at radius 3 is 2.47 bits per heavy atom. The van der Waals surface area contributed by atoms with Gasteiger partial charge < -0.3 is 5.11 Å². The van der Waals surface area contributed by atoms with Crippen molar-refractivity contribution in [2.24, 2.45) is 0 Å². The predicted molar refractivity (Wildman–Crippen MR) is 68.8 cm³/mol. The molecule has 0 amide bonds. The highest BCUT2D eigenvalue weighted by molar-refractivity contribution is 5.90. The Morgan fingerprint density at radius 1 is 0.824 bits per heavy atom. The molecule has 17 heavy (non-hydrogen) atoms. The normalized spacial score (nSPS) is 10.6. The monoisotopic (exact) mass is 221 g/mol. The third-order valence-electron chi connectivity index (χ3n) is 2.85. The maximum atomic E-state index is 9.78. The van der Waals surface area contributed by atoms with Crippen molar-refractivity contribution in [3.8, 4) is 16.9 Å². The minimum absolute atomic E-state index is 0.222. The first-order valence-electron chi connectivity index (χ1n) is 5.47. The summed E-state index contributed by atoms with van der Waals surface area (Å²) in [4.78, 5) is 3.96. The molecule has 0 spiro atoms. The summed E-state index contributed by atoms with van der Waals surface area (Å²) in [5.41, 5.74) is 2.24. The highest BCUT2D eigenvalue weighted by Crippen LogP contribution is 2.28. The van der Waals surface area contributed by atoms with Crippen LogP contribution in [0, 0.1) is 0 Å². The lowest BCUT2D eigenvalue weighted by atomic mass is 10.0. The number of hydrogen-bond donors (Lipinski definition) is 1. The molecular formula is C15H11NO. The molecule has 0 aliphatic heterocycles. The molecule has 3 aromatic rings. The lowest BCUT2D eigenvalue weighted by Gasteiger charge is -2.04. The average molecular weight is 221 g/mol. The van der Waals surface area contributed by atoms with Crippen molar-refractivity contribution >= 4 is 10.8 Å². The van der Waals surface area contributed by atoms with Gasteiger partial charge in [-0.05, 0) is 17.2 Å². The maximum Gasteiger partial charge on any atom is 0.141 e. The zero-order chi connectivity index (χ0) is 11.7. The van der Waals surface area contributed by atoms with Crippen molar-refractivity contribution in [3.05, 3.63) is 60.9 Å². The van der Waals surface area contributed by atoms with Gasteiger partial charge in [-0.3, -0.25) is 4.98 Å². The minimum Gasteiger partial charge on any atom is -0.506 e. The Balaban J connectivity index is 2.23. The van der Waals surface area contributed by atoms with E-state index in [-0.39, 0.29) is 5.75 Å². The first-order valence-corrected chi connectivity index (χ1v) is 5.47. The molecule has 2 heteroatoms. The number of hydrogen-bond acceptors (Lipinski definition) is 2. The Kier molecular flexibility index (Phi) is 2.26. The van der Waals surface area contributed by atoms with E-state index in [4.69, 9.17) is 0 Å². The number of nitrogens with zero attached hydrogens (tertiary/aromatic N) is 1. The van der Waals surface area contributed by atoms with Crippen LogP contribution >= 0.6 is 0 Å². The Morgan fingerprint density at radius 2 is 1.65 bits per heavy atom. The molecule has 0 fully saturated rings. The van der Waals surface area contributed by atoms with Crippen molar-refractivity contribution in [2.75, 3.05) is 0 Å². The molecule has 2 nitrogen and oxygen atoms in total. The van der Waals surface area contributed by atoms with E-state index in [1.54, 1.807) is 6.20 Å². The first-order chi connectivity index (χ1) is 8.34. The second-order valence-electron chi connectivity index (χ2n) is 3.96. The number of pyridine rings is 1. The van der Waals surface area contributed by atoms with Gasteiger partial charge in [-0.15, -0.1) is 0 Å². The third-order valence-corrected chi connectivity index (χ3v) is 2.85. The van der Waals surface area contributed by atoms with E-state index in [1.165, 1.54) is 6.20 Å². The van der Waals surface area contributed by atoms with Gasteiger partial charge in [-0.25, -0.2) is 0 Å². The zero-order valence-corrected chi connectivity index (χ0v) is 9.17. The fourth-order valence-corrected chi connectivity index (χ4v) is 1.96. The fraction of sp³-hybridized carbons (Fsp3) is 0. The summed E-state index contributed by atoms with van der Waals surface area (Å²) in [6.07, 6.45) is 3.22. The summed E-state index contributed by atoms with van der Waals surface area (Å²) in [5.74, 6) is 0.222. The quantitative estimate of drug-likeness (QED) is 0.681. The largest absolute Gasteiger partial charge is 0.506 e. The van der Waals surface area contributed by atoms with Gasteiger partial charge >= 0.3 is 0 Å². The van der Waals surface area contributed by atoms with Gasteiger partial charge in [0.1, 0.15) is 5.75 Å². The molecule has 1 aromatic heterocycles. The van der Waals surface area contributed by atoms with E-state index < -0.39 is 0 Å². The number of fused-ring (bicyclic) bond motifs is 1. The van der Waals surface area contributed by atoms with Crippen molar-refractivity contribution in [3.63, 3.8) is 0 Å². The van der Waals surface area contributed by atoms with Crippen LogP contribution in [0.15, 0.2) is 60.9 Å². The van der Waals surface area contributed by atoms with Gasteiger partial charge in [-0.1, -0.05) is 42.5 Å². The lowest BCUT2D eigenvalue weighted by molar-refractivity contribution is 0.479. The lowest BCUT2D eigenvalue weighted by Crippen LogP contribution is -1.80. The van der Waals surface area contributed by atoms with Gasteiger partial charge in [-0.2, -0.15) is 0 Å². The summed E-state index contributed by atoms with van der Waals surface area (Å²) in [6, 6.07) is 16.1. The standard InChI is InChI=1S/C15H11NO/c17-15-10-16-9-13-7-6-12(8-14(13)15)11-4-2-1-3-5-11/h1-10,17H. The number of rotatable bonds is 1. The van der Waals surface area contributed by atoms with Gasteiger partial charge in [0, 0.05) is 17.0 Å². The predicted octanol–water partition coefficient (Wildman–Crippen LogP) is 3.61. The van der Waals surface area contributed by atoms with E-state index >= 15 is 0 Å². The summed E-state index contributed by atoms with van der Waals surface area (Å²) in [5, 5.41) is 11.6. The van der Waals surface area contributed by atoms with E-state index in [0.717, 1.165) is 21.9 Å². The molecular weight excluding hydrogens is 210 g/mol. The highest BCUT2D eigenvalue weighted by atomic mass is 16.3. The van der Waals surface area contributed by atoms with Crippen molar-refractivity contribution in [2.45, 2.75) is 0 Å². The van der Waals surface area contributed by atoms with E-state index in [9.17, 15) is 5.11 Å². The molecule has 0 unspecified atom stereocenters. The van der Waals surface area contributed by atoms with Crippen molar-refractivity contribution in [1.29, 1.82) is 0 Å². The third kappa shape index (κ3) is 1.74. The van der Waals surface area contributed by atoms with Crippen molar-refractivity contribution < 1.29 is 5.11 Å². The second kappa shape index (κ2) is 3.91. The summed E-state index contributed by atoms with van der Waals surface area (Å²) in [7, 11) is 0. The molecule has 3 rings (SSSR count). The van der Waals surface area contributed by atoms with Crippen LogP contribution in [-0.2, 0) is 0 Å². The zero-order valence-electron chi connectivity index (χ0n) is 9.17. The first kappa shape index (κ1) is 9.85. The Bertz CT molecular complexity index is 662. The topological polar surface area (TPSA) is 33.1 Å². The van der Waals surface area contributed by atoms with E-state index in [1.807, 2.05) is 36.4 Å². The number of benzene rings is 2. The van der Waals surface area contributed by atoms with Gasteiger partial charge in [0.05, 0.1) is 6.20 Å². The average Bonchev–Trinajstić information content (AvgIpc) is 2.40. The second-order valence-corrected chi connectivity index (χ2v) is 3.96. The molecule has 1 heterocycles. The maximum absolute atomic E-state index is 9.78. The van der Waals surface area contributed by atoms with E-state index in [2.05, 4.69) is 17.1 Å². The van der Waals surface area contributed by atoms with Crippen LogP contribution in [0.2, 0.25) is 0 Å². The van der Waals surface area contributed by atoms with Crippen LogP contribution in [0.4, 0.5) is 0 Å². The van der Waals surface area contributed by atoms with Crippen molar-refractivity contribution in [1.82, 2.24) is 4.98 Å². The fourth-order valence-electron chi connectivity index (χ4n) is 1.96. The Labute approximate surface area is 99.2 Å². The van der Waals surface area contributed by atoms with Crippen LogP contribution in [0.1, 0.15) is 0 Å². The number of aromatic hydroxyl groups is 1. The molecule has 0 radical (unpaired) electrons. The summed E-state index contributed by atoms with van der Waals surface area (Å²) in [6.45, 7) is 0. The molecule has 0 bridgehead atoms. The smallest absolute Gasteiger partial charge is 0.141 e. The number of aromatic nitrogens is 1. The SMILES string of the molecule is Oc1cncc2ccc(-c3ccccc3)cc12. The van der Waals surface area contributed by atoms with Crippen LogP contribution in [0.25, 0.3) is 21.9 Å². The molecule has 0 aliphatic rings. The van der Waals surface area contributed by atoms with Crippen LogP contribution < -0.4 is 0 Å². The van der Waals surface area contributed by atoms with Crippen LogP contribution in [0.5, 0.6) is 5.75 Å². The highest BCUT2D eigenvalue weighted by Gasteiger charge is 2.02. The molecule has 82 valence electrons. The van der Waals surface area contributed by atoms with Gasteiger partial charge in [0.25, 0.3) is 0 Å². The summed E-state index contributed by atoms with van der Waals surface area (Å²) >= 11 is 0. The van der Waals surface area contributed by atoms with Gasteiger partial charge in [0.2, 0.25) is 0 Å².